The quantitative estimate of drug-likeness (QED) is 0.388. The Morgan fingerprint density at radius 3 is 2.44 bits per heavy atom. The lowest BCUT2D eigenvalue weighted by Gasteiger charge is -2.29. The Labute approximate surface area is 180 Å². The van der Waals surface area contributed by atoms with Gasteiger partial charge in [0, 0.05) is 17.7 Å². The molecule has 0 aliphatic carbocycles. The van der Waals surface area contributed by atoms with Gasteiger partial charge in [0.1, 0.15) is 17.8 Å². The third-order valence-electron chi connectivity index (χ3n) is 5.04. The van der Waals surface area contributed by atoms with Crippen LogP contribution in [0.3, 0.4) is 0 Å². The highest BCUT2D eigenvalue weighted by Crippen LogP contribution is 2.30. The predicted molar refractivity (Wildman–Crippen MR) is 104 cm³/mol. The van der Waals surface area contributed by atoms with Crippen molar-refractivity contribution in [1.29, 1.82) is 0 Å². The van der Waals surface area contributed by atoms with Gasteiger partial charge in [-0.15, -0.1) is 0 Å². The maximum absolute atomic E-state index is 12.8. The lowest BCUT2D eigenvalue weighted by Crippen LogP contribution is -2.54. The molecule has 3 atom stereocenters. The number of rotatable bonds is 6. The molecule has 2 amide bonds. The Morgan fingerprint density at radius 2 is 1.78 bits per heavy atom. The number of hydrogen-bond acceptors (Lipinski definition) is 6. The second kappa shape index (κ2) is 9.25. The number of nitrogens with zero attached hydrogens (tertiary/aromatic N) is 1. The highest BCUT2D eigenvalue weighted by atomic mass is 19.4. The Morgan fingerprint density at radius 1 is 1.12 bits per heavy atom. The van der Waals surface area contributed by atoms with Gasteiger partial charge in [-0.1, -0.05) is 24.3 Å². The average molecular weight is 454 g/mol. The first-order valence-corrected chi connectivity index (χ1v) is 9.54. The number of carbonyl (C=O) groups is 2. The first kappa shape index (κ1) is 23.7. The molecule has 0 saturated carbocycles. The van der Waals surface area contributed by atoms with Gasteiger partial charge < -0.3 is 20.3 Å². The second-order valence-electron chi connectivity index (χ2n) is 7.42. The maximum Gasteiger partial charge on any atom is 0.416 e. The summed E-state index contributed by atoms with van der Waals surface area (Å²) in [7, 11) is 0. The Balaban J connectivity index is 1.58. The van der Waals surface area contributed by atoms with Crippen molar-refractivity contribution in [3.8, 4) is 0 Å². The molecule has 11 heteroatoms. The molecule has 3 rings (SSSR count). The van der Waals surface area contributed by atoms with Crippen LogP contribution in [0.15, 0.2) is 54.6 Å². The molecule has 1 aliphatic rings. The highest BCUT2D eigenvalue weighted by Gasteiger charge is 2.49. The van der Waals surface area contributed by atoms with E-state index < -0.39 is 54.5 Å². The number of halogens is 3. The molecular formula is C21H21F3N2O6. The van der Waals surface area contributed by atoms with Crippen molar-refractivity contribution in [3.63, 3.8) is 0 Å². The molecule has 0 bridgehead atoms. The summed E-state index contributed by atoms with van der Waals surface area (Å²) in [6, 6.07) is 11.6. The summed E-state index contributed by atoms with van der Waals surface area (Å²) in [5.41, 5.74) is -3.08. The molecule has 1 heterocycles. The summed E-state index contributed by atoms with van der Waals surface area (Å²) >= 11 is 0. The summed E-state index contributed by atoms with van der Waals surface area (Å²) in [6.45, 7) is -1.44. The molecule has 1 aliphatic heterocycles. The smallest absolute Gasteiger partial charge is 0.387 e. The van der Waals surface area contributed by atoms with Crippen molar-refractivity contribution in [2.24, 2.45) is 0 Å². The molecule has 2 aromatic rings. The molecular weight excluding hydrogens is 433 g/mol. The first-order chi connectivity index (χ1) is 15.0. The van der Waals surface area contributed by atoms with Crippen LogP contribution in [0.4, 0.5) is 13.2 Å². The van der Waals surface area contributed by atoms with E-state index in [9.17, 15) is 38.2 Å². The number of ether oxygens (including phenoxy) is 1. The largest absolute Gasteiger partial charge is 0.416 e. The molecule has 0 aromatic heterocycles. The zero-order valence-electron chi connectivity index (χ0n) is 16.6. The summed E-state index contributed by atoms with van der Waals surface area (Å²) < 4.78 is 43.7. The minimum absolute atomic E-state index is 0.164. The van der Waals surface area contributed by atoms with Crippen LogP contribution in [0.25, 0.3) is 0 Å². The fraction of sp³-hybridized carbons (Fsp3) is 0.333. The molecule has 172 valence electrons. The fourth-order valence-electron chi connectivity index (χ4n) is 3.28. The molecule has 4 N–H and O–H groups in total. The number of amides is 2. The maximum atomic E-state index is 12.8. The van der Waals surface area contributed by atoms with Gasteiger partial charge in [-0.2, -0.15) is 13.2 Å². The van der Waals surface area contributed by atoms with Crippen molar-refractivity contribution in [2.45, 2.75) is 24.0 Å². The number of carbonyl (C=O) groups excluding carboxylic acids is 2. The summed E-state index contributed by atoms with van der Waals surface area (Å²) in [4.78, 5) is 24.4. The zero-order valence-corrected chi connectivity index (χ0v) is 16.6. The van der Waals surface area contributed by atoms with Crippen LogP contribution >= 0.6 is 0 Å². The number of hydroxylamine groups is 2. The van der Waals surface area contributed by atoms with Crippen LogP contribution < -0.4 is 5.32 Å². The minimum Gasteiger partial charge on any atom is -0.387 e. The van der Waals surface area contributed by atoms with Crippen LogP contribution in [0.2, 0.25) is 0 Å². The highest BCUT2D eigenvalue weighted by molar-refractivity contribution is 5.94. The Bertz CT molecular complexity index is 972. The van der Waals surface area contributed by atoms with E-state index in [0.717, 1.165) is 12.1 Å². The molecule has 0 spiro atoms. The molecule has 8 nitrogen and oxygen atoms in total. The summed E-state index contributed by atoms with van der Waals surface area (Å²) in [6.07, 6.45) is -7.32. The number of aliphatic hydroxyl groups excluding tert-OH is 1. The fourth-order valence-corrected chi connectivity index (χ4v) is 3.28. The van der Waals surface area contributed by atoms with Crippen LogP contribution in [0.5, 0.6) is 0 Å². The monoisotopic (exact) mass is 454 g/mol. The standard InChI is InChI=1S/C21H21F3N2O6/c22-21(23,24)15-8-4-7-14(9-15)18(28)25-10-16-17(27)20(30,12-32-16)11-26(31)19(29)13-5-2-1-3-6-13/h1-9,16-17,27,30-31H,10-12H2,(H,25,28)/t16-,17-,20+/m1/s1. The predicted octanol–water partition coefficient (Wildman–Crippen LogP) is 1.46. The second-order valence-corrected chi connectivity index (χ2v) is 7.42. The van der Waals surface area contributed by atoms with Gasteiger partial charge in [0.2, 0.25) is 0 Å². The van der Waals surface area contributed by atoms with E-state index in [1.54, 1.807) is 18.2 Å². The van der Waals surface area contributed by atoms with Crippen molar-refractivity contribution < 1.29 is 42.9 Å². The van der Waals surface area contributed by atoms with Crippen LogP contribution in [-0.4, -0.2) is 69.8 Å². The Hall–Kier alpha value is -2.99. The SMILES string of the molecule is O=C(NC[C@H]1OC[C@@](O)(CN(O)C(=O)c2ccccc2)[C@@H]1O)c1cccc(C(F)(F)F)c1. The van der Waals surface area contributed by atoms with Gasteiger partial charge in [0.15, 0.2) is 0 Å². The van der Waals surface area contributed by atoms with Crippen LogP contribution in [0.1, 0.15) is 26.3 Å². The lowest BCUT2D eigenvalue weighted by atomic mass is 9.96. The van der Waals surface area contributed by atoms with Crippen molar-refractivity contribution >= 4 is 11.8 Å². The van der Waals surface area contributed by atoms with Crippen molar-refractivity contribution in [2.75, 3.05) is 19.7 Å². The topological polar surface area (TPSA) is 119 Å². The van der Waals surface area contributed by atoms with Crippen LogP contribution in [-0.2, 0) is 10.9 Å². The van der Waals surface area contributed by atoms with E-state index in [4.69, 9.17) is 4.74 Å². The lowest BCUT2D eigenvalue weighted by molar-refractivity contribution is -0.137. The normalized spacial score (nSPS) is 23.1. The van der Waals surface area contributed by atoms with E-state index in [1.807, 2.05) is 0 Å². The molecule has 32 heavy (non-hydrogen) atoms. The molecule has 1 fully saturated rings. The van der Waals surface area contributed by atoms with Gasteiger partial charge in [0.05, 0.1) is 18.7 Å². The molecule has 2 aromatic carbocycles. The number of alkyl halides is 3. The number of aliphatic hydroxyl groups is 2. The zero-order chi connectivity index (χ0) is 23.5. The van der Waals surface area contributed by atoms with Gasteiger partial charge in [0.25, 0.3) is 11.8 Å². The van der Waals surface area contributed by atoms with Crippen molar-refractivity contribution in [3.05, 3.63) is 71.3 Å². The Kier molecular flexibility index (Phi) is 6.84. The third kappa shape index (κ3) is 5.25. The molecule has 0 unspecified atom stereocenters. The molecule has 0 radical (unpaired) electrons. The molecule has 1 saturated heterocycles. The van der Waals surface area contributed by atoms with Gasteiger partial charge in [-0.25, -0.2) is 5.06 Å². The third-order valence-corrected chi connectivity index (χ3v) is 5.04. The van der Waals surface area contributed by atoms with E-state index >= 15 is 0 Å². The van der Waals surface area contributed by atoms with E-state index in [0.29, 0.717) is 6.07 Å². The van der Waals surface area contributed by atoms with Gasteiger partial charge >= 0.3 is 6.18 Å². The van der Waals surface area contributed by atoms with Crippen molar-refractivity contribution in [1.82, 2.24) is 10.4 Å². The van der Waals surface area contributed by atoms with Crippen LogP contribution in [0, 0.1) is 0 Å². The van der Waals surface area contributed by atoms with E-state index in [1.165, 1.54) is 18.2 Å². The summed E-state index contributed by atoms with van der Waals surface area (Å²) in [5.74, 6) is -1.63. The number of hydrogen-bond donors (Lipinski definition) is 4. The van der Waals surface area contributed by atoms with Gasteiger partial charge in [-0.05, 0) is 30.3 Å². The number of benzene rings is 2. The van der Waals surface area contributed by atoms with Gasteiger partial charge in [-0.3, -0.25) is 14.8 Å². The summed E-state index contributed by atoms with van der Waals surface area (Å²) in [5, 5.41) is 33.7. The average Bonchev–Trinajstić information content (AvgIpc) is 3.05. The first-order valence-electron chi connectivity index (χ1n) is 9.54. The van der Waals surface area contributed by atoms with E-state index in [2.05, 4.69) is 5.32 Å². The van der Waals surface area contributed by atoms with E-state index in [-0.39, 0.29) is 22.7 Å². The minimum atomic E-state index is -4.61. The number of nitrogens with one attached hydrogen (secondary N) is 1.